The fourth-order valence-corrected chi connectivity index (χ4v) is 3.08. The van der Waals surface area contributed by atoms with Crippen LogP contribution in [0.15, 0.2) is 47.6 Å². The van der Waals surface area contributed by atoms with Gasteiger partial charge in [-0.25, -0.2) is 4.98 Å². The number of pyridine rings is 1. The number of nitrogens with zero attached hydrogens (tertiary/aromatic N) is 3. The molecule has 10 heteroatoms. The van der Waals surface area contributed by atoms with Gasteiger partial charge in [-0.05, 0) is 23.8 Å². The zero-order valence-electron chi connectivity index (χ0n) is 17.3. The molecule has 2 aromatic rings. The fourth-order valence-electron chi connectivity index (χ4n) is 3.08. The Morgan fingerprint density at radius 3 is 2.52 bits per heavy atom. The van der Waals surface area contributed by atoms with Gasteiger partial charge in [-0.1, -0.05) is 18.2 Å². The molecule has 0 unspecified atom stereocenters. The molecule has 1 saturated heterocycles. The zero-order chi connectivity index (χ0) is 22.1. The molecule has 0 amide bonds. The maximum atomic E-state index is 12.2. The minimum absolute atomic E-state index is 0.177. The third-order valence-electron chi connectivity index (χ3n) is 4.63. The number of benzene rings is 1. The molecule has 2 N–H and O–H groups in total. The normalized spacial score (nSPS) is 15.0. The SMILES string of the molecule is CN=C(NCc1ccc(OCC(F)(F)F)cc1)NCc1cccnc1N1CCOCC1. The van der Waals surface area contributed by atoms with Gasteiger partial charge >= 0.3 is 6.18 Å². The van der Waals surface area contributed by atoms with Gasteiger partial charge in [-0.2, -0.15) is 13.2 Å². The largest absolute Gasteiger partial charge is 0.484 e. The van der Waals surface area contributed by atoms with Crippen molar-refractivity contribution in [3.63, 3.8) is 0 Å². The summed E-state index contributed by atoms with van der Waals surface area (Å²) in [4.78, 5) is 11.0. The Kier molecular flexibility index (Phi) is 7.94. The lowest BCUT2D eigenvalue weighted by atomic mass is 10.2. The Labute approximate surface area is 179 Å². The molecule has 1 aromatic carbocycles. The Morgan fingerprint density at radius 1 is 1.13 bits per heavy atom. The van der Waals surface area contributed by atoms with Crippen LogP contribution >= 0.6 is 0 Å². The van der Waals surface area contributed by atoms with E-state index < -0.39 is 12.8 Å². The summed E-state index contributed by atoms with van der Waals surface area (Å²) >= 11 is 0. The van der Waals surface area contributed by atoms with Crippen molar-refractivity contribution in [2.45, 2.75) is 19.3 Å². The number of hydrogen-bond acceptors (Lipinski definition) is 5. The molecular weight excluding hydrogens is 411 g/mol. The predicted molar refractivity (Wildman–Crippen MR) is 112 cm³/mol. The van der Waals surface area contributed by atoms with Crippen LogP contribution in [-0.2, 0) is 17.8 Å². The van der Waals surface area contributed by atoms with Crippen LogP contribution in [-0.4, -0.2) is 57.1 Å². The van der Waals surface area contributed by atoms with Crippen molar-refractivity contribution in [3.8, 4) is 5.75 Å². The second kappa shape index (κ2) is 10.9. The van der Waals surface area contributed by atoms with Gasteiger partial charge in [-0.3, -0.25) is 4.99 Å². The Morgan fingerprint density at radius 2 is 1.84 bits per heavy atom. The van der Waals surface area contributed by atoms with Crippen LogP contribution in [0.5, 0.6) is 5.75 Å². The Hall–Kier alpha value is -3.01. The molecule has 0 saturated carbocycles. The summed E-state index contributed by atoms with van der Waals surface area (Å²) in [5.74, 6) is 1.72. The van der Waals surface area contributed by atoms with Crippen molar-refractivity contribution >= 4 is 11.8 Å². The monoisotopic (exact) mass is 437 g/mol. The topological polar surface area (TPSA) is 71.0 Å². The van der Waals surface area contributed by atoms with E-state index in [1.165, 1.54) is 12.1 Å². The maximum absolute atomic E-state index is 12.2. The highest BCUT2D eigenvalue weighted by atomic mass is 19.4. The zero-order valence-corrected chi connectivity index (χ0v) is 17.3. The highest BCUT2D eigenvalue weighted by Crippen LogP contribution is 2.19. The number of guanidine groups is 1. The molecule has 0 atom stereocenters. The molecular formula is C21H26F3N5O2. The number of halogens is 3. The van der Waals surface area contributed by atoms with Crippen molar-refractivity contribution in [3.05, 3.63) is 53.7 Å². The van der Waals surface area contributed by atoms with E-state index >= 15 is 0 Å². The molecule has 1 aromatic heterocycles. The van der Waals surface area contributed by atoms with E-state index in [9.17, 15) is 13.2 Å². The molecule has 0 aliphatic carbocycles. The van der Waals surface area contributed by atoms with Gasteiger partial charge < -0.3 is 25.0 Å². The number of alkyl halides is 3. The molecule has 1 fully saturated rings. The Balaban J connectivity index is 1.50. The van der Waals surface area contributed by atoms with E-state index in [1.807, 2.05) is 12.1 Å². The maximum Gasteiger partial charge on any atom is 0.422 e. The second-order valence-corrected chi connectivity index (χ2v) is 6.91. The van der Waals surface area contributed by atoms with Crippen molar-refractivity contribution in [2.24, 2.45) is 4.99 Å². The van der Waals surface area contributed by atoms with Crippen LogP contribution in [0.4, 0.5) is 19.0 Å². The third kappa shape index (κ3) is 7.32. The number of ether oxygens (including phenoxy) is 2. The molecule has 2 heterocycles. The molecule has 0 radical (unpaired) electrons. The van der Waals surface area contributed by atoms with Crippen LogP contribution in [0.25, 0.3) is 0 Å². The van der Waals surface area contributed by atoms with Gasteiger partial charge in [0.05, 0.1) is 13.2 Å². The molecule has 0 spiro atoms. The van der Waals surface area contributed by atoms with E-state index in [2.05, 4.69) is 25.5 Å². The predicted octanol–water partition coefficient (Wildman–Crippen LogP) is 2.72. The summed E-state index contributed by atoms with van der Waals surface area (Å²) in [7, 11) is 1.68. The van der Waals surface area contributed by atoms with Crippen LogP contribution < -0.4 is 20.3 Å². The number of nitrogens with one attached hydrogen (secondary N) is 2. The lowest BCUT2D eigenvalue weighted by molar-refractivity contribution is -0.153. The first-order valence-electron chi connectivity index (χ1n) is 9.94. The smallest absolute Gasteiger partial charge is 0.422 e. The highest BCUT2D eigenvalue weighted by molar-refractivity contribution is 5.79. The Bertz CT molecular complexity index is 853. The number of aromatic nitrogens is 1. The number of hydrogen-bond donors (Lipinski definition) is 2. The van der Waals surface area contributed by atoms with Gasteiger partial charge in [0, 0.05) is 45.0 Å². The summed E-state index contributed by atoms with van der Waals surface area (Å²) in [6.07, 6.45) is -2.57. The first kappa shape index (κ1) is 22.7. The van der Waals surface area contributed by atoms with Crippen LogP contribution in [0.3, 0.4) is 0 Å². The van der Waals surface area contributed by atoms with E-state index in [0.717, 1.165) is 30.0 Å². The molecule has 7 nitrogen and oxygen atoms in total. The number of anilines is 1. The average Bonchev–Trinajstić information content (AvgIpc) is 2.79. The standard InChI is InChI=1S/C21H26F3N5O2/c1-25-20(27-13-16-4-6-18(7-5-16)31-15-21(22,23)24)28-14-17-3-2-8-26-19(17)29-9-11-30-12-10-29/h2-8H,9-15H2,1H3,(H2,25,27,28). The summed E-state index contributed by atoms with van der Waals surface area (Å²) in [6, 6.07) is 10.4. The van der Waals surface area contributed by atoms with E-state index in [-0.39, 0.29) is 5.75 Å². The van der Waals surface area contributed by atoms with Crippen molar-refractivity contribution in [2.75, 3.05) is 44.9 Å². The van der Waals surface area contributed by atoms with Gasteiger partial charge in [0.15, 0.2) is 12.6 Å². The minimum atomic E-state index is -4.35. The summed E-state index contributed by atoms with van der Waals surface area (Å²) in [5.41, 5.74) is 1.94. The van der Waals surface area contributed by atoms with E-state index in [4.69, 9.17) is 9.47 Å². The summed E-state index contributed by atoms with van der Waals surface area (Å²) in [6.45, 7) is 2.69. The van der Waals surface area contributed by atoms with Gasteiger partial charge in [0.1, 0.15) is 11.6 Å². The molecule has 3 rings (SSSR count). The second-order valence-electron chi connectivity index (χ2n) is 6.91. The highest BCUT2D eigenvalue weighted by Gasteiger charge is 2.28. The van der Waals surface area contributed by atoms with Crippen LogP contribution in [0, 0.1) is 0 Å². The van der Waals surface area contributed by atoms with Crippen LogP contribution in [0.2, 0.25) is 0 Å². The molecule has 168 valence electrons. The van der Waals surface area contributed by atoms with E-state index in [1.54, 1.807) is 25.4 Å². The van der Waals surface area contributed by atoms with Crippen molar-refractivity contribution in [1.82, 2.24) is 15.6 Å². The van der Waals surface area contributed by atoms with Gasteiger partial charge in [0.2, 0.25) is 0 Å². The summed E-state index contributed by atoms with van der Waals surface area (Å²) < 4.78 is 46.8. The number of rotatable bonds is 7. The third-order valence-corrected chi connectivity index (χ3v) is 4.63. The molecule has 31 heavy (non-hydrogen) atoms. The van der Waals surface area contributed by atoms with Gasteiger partial charge in [-0.15, -0.1) is 0 Å². The van der Waals surface area contributed by atoms with E-state index in [0.29, 0.717) is 32.3 Å². The number of aliphatic imine (C=N–C) groups is 1. The quantitative estimate of drug-likeness (QED) is 0.513. The first-order chi connectivity index (χ1) is 14.9. The molecule has 1 aliphatic heterocycles. The fraction of sp³-hybridized carbons (Fsp3) is 0.429. The van der Waals surface area contributed by atoms with Crippen molar-refractivity contribution in [1.29, 1.82) is 0 Å². The minimum Gasteiger partial charge on any atom is -0.484 e. The van der Waals surface area contributed by atoms with Gasteiger partial charge in [0.25, 0.3) is 0 Å². The lowest BCUT2D eigenvalue weighted by Gasteiger charge is -2.29. The van der Waals surface area contributed by atoms with Crippen molar-refractivity contribution < 1.29 is 22.6 Å². The number of morpholine rings is 1. The lowest BCUT2D eigenvalue weighted by Crippen LogP contribution is -2.39. The average molecular weight is 437 g/mol. The molecule has 0 bridgehead atoms. The molecule has 1 aliphatic rings. The summed E-state index contributed by atoms with van der Waals surface area (Å²) in [5, 5.41) is 6.47. The van der Waals surface area contributed by atoms with Crippen LogP contribution in [0.1, 0.15) is 11.1 Å². The first-order valence-corrected chi connectivity index (χ1v) is 9.94.